The van der Waals surface area contributed by atoms with E-state index in [1.165, 1.54) is 32.1 Å². The molecule has 2 amide bonds. The molecule has 7 atom stereocenters. The molecule has 0 spiro atoms. The van der Waals surface area contributed by atoms with Crippen LogP contribution in [-0.2, 0) is 38.0 Å². The van der Waals surface area contributed by atoms with Gasteiger partial charge in [-0.3, -0.25) is 14.9 Å². The molecule has 5 rings (SSSR count). The van der Waals surface area contributed by atoms with E-state index < -0.39 is 79.0 Å². The molecule has 0 radical (unpaired) electrons. The Morgan fingerprint density at radius 2 is 1.56 bits per heavy atom. The molecule has 16 heteroatoms. The molecule has 4 N–H and O–H groups in total. The summed E-state index contributed by atoms with van der Waals surface area (Å²) in [7, 11) is -2.75. The van der Waals surface area contributed by atoms with Gasteiger partial charge in [-0.15, -0.1) is 0 Å². The van der Waals surface area contributed by atoms with Crippen molar-refractivity contribution in [1.29, 1.82) is 0 Å². The van der Waals surface area contributed by atoms with Gasteiger partial charge in [0.2, 0.25) is 5.91 Å². The van der Waals surface area contributed by atoms with Gasteiger partial charge in [0.1, 0.15) is 37.6 Å². The largest absolute Gasteiger partial charge is 0.460 e. The van der Waals surface area contributed by atoms with E-state index in [1.54, 1.807) is 12.1 Å². The van der Waals surface area contributed by atoms with Crippen molar-refractivity contribution in [3.63, 3.8) is 0 Å². The fraction of sp³-hybridized carbons (Fsp3) is 0.439. The summed E-state index contributed by atoms with van der Waals surface area (Å²) in [5.74, 6) is -1.66. The number of hydrogen-bond donors (Lipinski definition) is 4. The molecule has 1 aliphatic carbocycles. The summed E-state index contributed by atoms with van der Waals surface area (Å²) in [6.07, 6.45) is -6.48. The minimum atomic E-state index is -2.75. The van der Waals surface area contributed by atoms with Crippen LogP contribution < -0.4 is 10.6 Å². The smallest absolute Gasteiger partial charge is 0.407 e. The summed E-state index contributed by atoms with van der Waals surface area (Å²) in [5.41, 5.74) is 4.88. The zero-order chi connectivity index (χ0) is 41.7. The van der Waals surface area contributed by atoms with Gasteiger partial charge < -0.3 is 44.2 Å². The lowest BCUT2D eigenvalue weighted by Gasteiger charge is -2.45. The number of amides is 2. The number of nitrogens with zero attached hydrogens (tertiary/aromatic N) is 1. The van der Waals surface area contributed by atoms with E-state index in [-0.39, 0.29) is 31.4 Å². The number of rotatable bonds is 16. The Labute approximate surface area is 332 Å². The van der Waals surface area contributed by atoms with Crippen LogP contribution in [0.3, 0.4) is 0 Å². The normalized spacial score (nSPS) is 21.6. The summed E-state index contributed by atoms with van der Waals surface area (Å²) in [5, 5.41) is 38.2. The van der Waals surface area contributed by atoms with Crippen molar-refractivity contribution in [2.24, 2.45) is 0 Å². The first-order valence-electron chi connectivity index (χ1n) is 18.7. The van der Waals surface area contributed by atoms with Crippen LogP contribution in [0.25, 0.3) is 11.1 Å². The number of hydrogen-bond acceptors (Lipinski definition) is 12. The molecule has 3 aromatic rings. The molecule has 0 bridgehead atoms. The highest BCUT2D eigenvalue weighted by Crippen LogP contribution is 2.44. The maximum Gasteiger partial charge on any atom is 0.407 e. The number of benzene rings is 3. The number of carbonyl (C=O) groups excluding carboxylic acids is 3. The van der Waals surface area contributed by atoms with Gasteiger partial charge in [-0.05, 0) is 47.8 Å². The number of carbonyl (C=O) groups is 3. The first-order valence-corrected chi connectivity index (χ1v) is 21.6. The second-order valence-corrected chi connectivity index (χ2v) is 19.8. The molecular weight excluding hydrogens is 755 g/mol. The third-order valence-electron chi connectivity index (χ3n) is 11.0. The van der Waals surface area contributed by atoms with Gasteiger partial charge in [-0.2, -0.15) is 0 Å². The lowest BCUT2D eigenvalue weighted by Crippen LogP contribution is -2.66. The van der Waals surface area contributed by atoms with Crippen molar-refractivity contribution in [1.82, 2.24) is 10.6 Å². The van der Waals surface area contributed by atoms with Crippen LogP contribution in [0.4, 0.5) is 10.5 Å². The second kappa shape index (κ2) is 18.1. The van der Waals surface area contributed by atoms with Crippen LogP contribution in [0.2, 0.25) is 13.1 Å². The lowest BCUT2D eigenvalue weighted by molar-refractivity contribution is -0.384. The average Bonchev–Trinajstić information content (AvgIpc) is 3.50. The fourth-order valence-corrected chi connectivity index (χ4v) is 8.85. The molecule has 1 saturated heterocycles. The number of nitro groups is 1. The fourth-order valence-electron chi connectivity index (χ4n) is 7.05. The van der Waals surface area contributed by atoms with Gasteiger partial charge in [0.05, 0.1) is 17.6 Å². The monoisotopic (exact) mass is 805 g/mol. The van der Waals surface area contributed by atoms with Crippen LogP contribution in [0.15, 0.2) is 85.5 Å². The molecule has 1 heterocycles. The topological polar surface area (TPSA) is 205 Å². The van der Waals surface area contributed by atoms with Crippen molar-refractivity contribution in [3.05, 3.63) is 112 Å². The van der Waals surface area contributed by atoms with Gasteiger partial charge in [-0.25, -0.2) is 9.59 Å². The van der Waals surface area contributed by atoms with Gasteiger partial charge >= 0.3 is 12.1 Å². The molecular formula is C41H51N3O12Si. The van der Waals surface area contributed by atoms with E-state index >= 15 is 0 Å². The van der Waals surface area contributed by atoms with Crippen molar-refractivity contribution >= 4 is 32.0 Å². The van der Waals surface area contributed by atoms with E-state index in [9.17, 15) is 34.7 Å². The molecule has 57 heavy (non-hydrogen) atoms. The van der Waals surface area contributed by atoms with E-state index in [1.807, 2.05) is 75.5 Å². The number of aliphatic hydroxyl groups excluding tert-OH is 2. The molecule has 1 fully saturated rings. The predicted molar refractivity (Wildman–Crippen MR) is 212 cm³/mol. The SMILES string of the molecule is C=CCOC(=O)[C@@H](NC(=O)OCC1c2ccccc2-c2ccccc21)[C@@H](C)O[C@H]1O[C@H](CO[Si](C)(C)C(C)(C)c2ccc([N+](=O)[O-])cc2)[C@H](O)[C@H](O)[C@H]1NC(C)=O. The first kappa shape index (κ1) is 43.2. The summed E-state index contributed by atoms with van der Waals surface area (Å²) in [6, 6.07) is 19.2. The van der Waals surface area contributed by atoms with E-state index in [0.29, 0.717) is 0 Å². The zero-order valence-electron chi connectivity index (χ0n) is 32.9. The number of non-ortho nitro benzene ring substituents is 1. The third-order valence-corrected chi connectivity index (χ3v) is 15.2. The quantitative estimate of drug-likeness (QED) is 0.0515. The Morgan fingerprint density at radius 3 is 2.12 bits per heavy atom. The van der Waals surface area contributed by atoms with E-state index in [4.69, 9.17) is 23.4 Å². The lowest BCUT2D eigenvalue weighted by atomic mass is 9.96. The Balaban J connectivity index is 1.30. The zero-order valence-corrected chi connectivity index (χ0v) is 33.9. The maximum atomic E-state index is 13.4. The Hall–Kier alpha value is -4.97. The summed E-state index contributed by atoms with van der Waals surface area (Å²) >= 11 is 0. The number of aliphatic hydroxyl groups is 2. The van der Waals surface area contributed by atoms with Gasteiger partial charge in [0, 0.05) is 30.0 Å². The minimum Gasteiger partial charge on any atom is -0.460 e. The Morgan fingerprint density at radius 1 is 0.965 bits per heavy atom. The number of ether oxygens (including phenoxy) is 4. The summed E-state index contributed by atoms with van der Waals surface area (Å²) in [6.45, 7) is 13.7. The van der Waals surface area contributed by atoms with E-state index in [2.05, 4.69) is 17.2 Å². The molecule has 306 valence electrons. The molecule has 0 saturated carbocycles. The summed E-state index contributed by atoms with van der Waals surface area (Å²) < 4.78 is 29.8. The summed E-state index contributed by atoms with van der Waals surface area (Å²) in [4.78, 5) is 49.7. The van der Waals surface area contributed by atoms with Crippen molar-refractivity contribution in [2.45, 2.75) is 94.5 Å². The van der Waals surface area contributed by atoms with Gasteiger partial charge in [-0.1, -0.05) is 87.2 Å². The van der Waals surface area contributed by atoms with Crippen LogP contribution in [-0.4, -0.2) is 104 Å². The molecule has 1 aliphatic heterocycles. The van der Waals surface area contributed by atoms with Crippen LogP contribution >= 0.6 is 0 Å². The number of esters is 1. The second-order valence-electron chi connectivity index (χ2n) is 15.2. The molecule has 2 aliphatic rings. The number of fused-ring (bicyclic) bond motifs is 3. The maximum absolute atomic E-state index is 13.4. The first-order chi connectivity index (χ1) is 27.0. The number of nitrogens with one attached hydrogen (secondary N) is 2. The van der Waals surface area contributed by atoms with Crippen molar-refractivity contribution in [3.8, 4) is 11.1 Å². The van der Waals surface area contributed by atoms with E-state index in [0.717, 1.165) is 27.8 Å². The standard InChI is InChI=1S/C41H51N3O12Si/c1-8-21-52-38(48)34(43-40(49)53-22-32-30-15-11-9-13-28(30)29-14-10-12-16-31(29)32)24(2)55-39-35(42-25(3)45)37(47)36(46)33(56-39)23-54-57(6,7)41(4,5)26-17-19-27(20-18-26)44(50)51/h8-20,24,32-37,39,46-47H,1,21-23H2,2-7H3,(H,42,45)(H,43,49)/t24-,33-,34+,35-,36+,37-,39+/m1/s1. The Kier molecular flexibility index (Phi) is 13.7. The highest BCUT2D eigenvalue weighted by molar-refractivity contribution is 6.74. The van der Waals surface area contributed by atoms with Crippen LogP contribution in [0.1, 0.15) is 50.3 Å². The third kappa shape index (κ3) is 9.60. The molecule has 3 aromatic carbocycles. The van der Waals surface area contributed by atoms with Crippen molar-refractivity contribution in [2.75, 3.05) is 19.8 Å². The van der Waals surface area contributed by atoms with Crippen LogP contribution in [0.5, 0.6) is 0 Å². The van der Waals surface area contributed by atoms with Gasteiger partial charge in [0.25, 0.3) is 5.69 Å². The molecule has 15 nitrogen and oxygen atoms in total. The minimum absolute atomic E-state index is 0.0215. The predicted octanol–water partition coefficient (Wildman–Crippen LogP) is 4.63. The molecule has 0 aromatic heterocycles. The average molecular weight is 806 g/mol. The molecule has 0 unspecified atom stereocenters. The van der Waals surface area contributed by atoms with Crippen LogP contribution in [0, 0.1) is 10.1 Å². The van der Waals surface area contributed by atoms with Crippen molar-refractivity contribution < 1.29 is 52.9 Å². The Bertz CT molecular complexity index is 1890. The number of alkyl carbamates (subject to hydrolysis) is 1. The highest BCUT2D eigenvalue weighted by Gasteiger charge is 2.49. The van der Waals surface area contributed by atoms with Gasteiger partial charge in [0.15, 0.2) is 20.6 Å². The highest BCUT2D eigenvalue weighted by atomic mass is 28.4. The number of nitro benzene ring substituents is 1.